The van der Waals surface area contributed by atoms with E-state index in [0.717, 1.165) is 47.5 Å². The van der Waals surface area contributed by atoms with Gasteiger partial charge in [0, 0.05) is 35.6 Å². The number of aliphatic hydroxyl groups is 1. The monoisotopic (exact) mass is 638 g/mol. The number of hydrogen-bond donors (Lipinski definition) is 2. The van der Waals surface area contributed by atoms with E-state index in [1.54, 1.807) is 13.8 Å². The summed E-state index contributed by atoms with van der Waals surface area (Å²) in [5.74, 6) is -0.124. The fourth-order valence-corrected chi connectivity index (χ4v) is 4.79. The van der Waals surface area contributed by atoms with Crippen molar-refractivity contribution in [2.75, 3.05) is 6.61 Å². The van der Waals surface area contributed by atoms with Gasteiger partial charge in [-0.1, -0.05) is 101 Å². The van der Waals surface area contributed by atoms with Crippen molar-refractivity contribution in [2.24, 2.45) is 0 Å². The first-order valence-corrected chi connectivity index (χ1v) is 16.7. The minimum absolute atomic E-state index is 0.0327. The highest BCUT2D eigenvalue weighted by molar-refractivity contribution is 6.04. The van der Waals surface area contributed by atoms with Gasteiger partial charge in [0.2, 0.25) is 0 Å². The third-order valence-corrected chi connectivity index (χ3v) is 7.00. The number of nitrogens with zero attached hydrogens (tertiary/aromatic N) is 1. The van der Waals surface area contributed by atoms with Crippen LogP contribution in [0.2, 0.25) is 0 Å². The zero-order chi connectivity index (χ0) is 34.9. The Kier molecular flexibility index (Phi) is 23.4. The molecule has 1 aromatic heterocycles. The first kappa shape index (κ1) is 42.3. The van der Waals surface area contributed by atoms with E-state index < -0.39 is 6.10 Å². The summed E-state index contributed by atoms with van der Waals surface area (Å²) in [6, 6.07) is 10.4. The Bertz CT molecular complexity index is 1250. The highest BCUT2D eigenvalue weighted by Gasteiger charge is 2.29. The average molecular weight is 639 g/mol. The predicted molar refractivity (Wildman–Crippen MR) is 192 cm³/mol. The third-order valence-electron chi connectivity index (χ3n) is 7.00. The van der Waals surface area contributed by atoms with E-state index in [4.69, 9.17) is 5.11 Å². The number of rotatable bonds is 15. The Hall–Kier alpha value is -3.71. The van der Waals surface area contributed by atoms with Gasteiger partial charge in [-0.25, -0.2) is 4.39 Å². The van der Waals surface area contributed by atoms with E-state index in [0.29, 0.717) is 19.4 Å². The molecule has 256 valence electrons. The molecule has 0 saturated heterocycles. The summed E-state index contributed by atoms with van der Waals surface area (Å²) in [5.41, 5.74) is 6.16. The Morgan fingerprint density at radius 1 is 1.00 bits per heavy atom. The molecule has 1 aromatic carbocycles. The predicted octanol–water partition coefficient (Wildman–Crippen LogP) is 10.00. The first-order valence-electron chi connectivity index (χ1n) is 16.7. The molecule has 2 rings (SSSR count). The number of carbonyl (C=O) groups is 2. The fourth-order valence-electron chi connectivity index (χ4n) is 4.79. The Morgan fingerprint density at radius 2 is 1.65 bits per heavy atom. The van der Waals surface area contributed by atoms with Crippen molar-refractivity contribution in [3.8, 4) is 11.1 Å². The van der Waals surface area contributed by atoms with Crippen LogP contribution in [0.15, 0.2) is 78.8 Å². The van der Waals surface area contributed by atoms with Crippen LogP contribution in [-0.2, 0) is 22.5 Å². The lowest BCUT2D eigenvalue weighted by atomic mass is 9.95. The Balaban J connectivity index is 0.00000121. The van der Waals surface area contributed by atoms with Crippen LogP contribution in [0, 0.1) is 0 Å². The molecule has 46 heavy (non-hydrogen) atoms. The summed E-state index contributed by atoms with van der Waals surface area (Å²) in [7, 11) is 0. The topological polar surface area (TPSA) is 80.6 Å². The van der Waals surface area contributed by atoms with Gasteiger partial charge in [0.05, 0.1) is 31.0 Å². The summed E-state index contributed by atoms with van der Waals surface area (Å²) in [4.78, 5) is 24.4. The molecule has 2 N–H and O–H groups in total. The highest BCUT2D eigenvalue weighted by Crippen LogP contribution is 2.37. The number of hydrogen-bond acceptors (Lipinski definition) is 4. The van der Waals surface area contributed by atoms with Crippen molar-refractivity contribution < 1.29 is 23.8 Å². The molecule has 1 amide bonds. The number of halogens is 1. The molecular formula is C39H59FN2O4. The maximum Gasteiger partial charge on any atom is 0.308 e. The Labute approximate surface area is 278 Å². The molecule has 0 spiro atoms. The van der Waals surface area contributed by atoms with Crippen LogP contribution in [0.1, 0.15) is 122 Å². The molecule has 0 aliphatic carbocycles. The van der Waals surface area contributed by atoms with Gasteiger partial charge in [-0.15, -0.1) is 0 Å². The van der Waals surface area contributed by atoms with Gasteiger partial charge < -0.3 is 19.7 Å². The molecule has 0 aliphatic heterocycles. The third kappa shape index (κ3) is 15.0. The molecule has 1 unspecified atom stereocenters. The van der Waals surface area contributed by atoms with Gasteiger partial charge in [-0.05, 0) is 65.0 Å². The summed E-state index contributed by atoms with van der Waals surface area (Å²) in [6.07, 6.45) is 16.4. The van der Waals surface area contributed by atoms with E-state index >= 15 is 0 Å². The van der Waals surface area contributed by atoms with Gasteiger partial charge in [0.25, 0.3) is 5.91 Å². The second-order valence-corrected chi connectivity index (χ2v) is 11.0. The molecule has 6 nitrogen and oxygen atoms in total. The SMILES string of the molecule is C/C=C/F.C/C=C\Cc1c(-c2ccccc2)c(C(=O)NC(/C=C\C)=C/C)c(C(C)C)n1CCCCC.CCOC(=O)CC(O)CC. The number of allylic oxidation sites excluding steroid dienone is 6. The van der Waals surface area contributed by atoms with E-state index in [1.165, 1.54) is 24.6 Å². The number of unbranched alkanes of at least 4 members (excludes halogenated alkanes) is 2. The summed E-state index contributed by atoms with van der Waals surface area (Å²) >= 11 is 0. The molecule has 1 heterocycles. The van der Waals surface area contributed by atoms with Crippen LogP contribution >= 0.6 is 0 Å². The quantitative estimate of drug-likeness (QED) is 0.0881. The van der Waals surface area contributed by atoms with E-state index in [-0.39, 0.29) is 24.2 Å². The van der Waals surface area contributed by atoms with Crippen molar-refractivity contribution in [2.45, 2.75) is 119 Å². The number of aromatic nitrogens is 1. The largest absolute Gasteiger partial charge is 0.466 e. The fraction of sp³-hybridized carbons (Fsp3) is 0.487. The van der Waals surface area contributed by atoms with Crippen LogP contribution < -0.4 is 5.32 Å². The van der Waals surface area contributed by atoms with Crippen LogP contribution in [0.4, 0.5) is 4.39 Å². The van der Waals surface area contributed by atoms with Crippen molar-refractivity contribution in [3.63, 3.8) is 0 Å². The van der Waals surface area contributed by atoms with Gasteiger partial charge in [-0.3, -0.25) is 9.59 Å². The molecule has 0 bridgehead atoms. The molecule has 0 fully saturated rings. The van der Waals surface area contributed by atoms with Crippen molar-refractivity contribution >= 4 is 11.9 Å². The second kappa shape index (κ2) is 25.5. The van der Waals surface area contributed by atoms with Gasteiger partial charge >= 0.3 is 5.97 Å². The van der Waals surface area contributed by atoms with E-state index in [9.17, 15) is 14.0 Å². The number of esters is 1. The van der Waals surface area contributed by atoms with Gasteiger partial charge in [0.1, 0.15) is 0 Å². The van der Waals surface area contributed by atoms with Crippen molar-refractivity contribution in [3.05, 3.63) is 95.8 Å². The van der Waals surface area contributed by atoms with Gasteiger partial charge in [-0.2, -0.15) is 0 Å². The van der Waals surface area contributed by atoms with Crippen LogP contribution in [-0.4, -0.2) is 34.3 Å². The first-order chi connectivity index (χ1) is 22.1. The number of aliphatic hydroxyl groups excluding tert-OH is 1. The lowest BCUT2D eigenvalue weighted by Gasteiger charge is -2.16. The van der Waals surface area contributed by atoms with Gasteiger partial charge in [0.15, 0.2) is 0 Å². The lowest BCUT2D eigenvalue weighted by molar-refractivity contribution is -0.145. The van der Waals surface area contributed by atoms with Crippen LogP contribution in [0.25, 0.3) is 11.1 Å². The zero-order valence-electron chi connectivity index (χ0n) is 29.7. The summed E-state index contributed by atoms with van der Waals surface area (Å²) < 4.78 is 17.6. The van der Waals surface area contributed by atoms with E-state index in [1.807, 2.05) is 45.1 Å². The molecular weight excluding hydrogens is 579 g/mol. The number of ether oxygens (including phenoxy) is 1. The number of nitrogens with one attached hydrogen (secondary N) is 1. The van der Waals surface area contributed by atoms with E-state index in [2.05, 4.69) is 78.7 Å². The molecule has 0 saturated carbocycles. The standard InChI is InChI=1S/C29H40N2O.C7H14O3.C3H5F/c1-7-11-16-21-31-25(20-12-8-2)26(23-18-14-13-15-19-23)27(28(31)22(5)6)29(32)30-24(10-4)17-9-3;1-3-6(8)5-7(9)10-4-2;1-2-3-4/h8-10,12-15,17-19,22H,7,11,16,20-21H2,1-6H3,(H,30,32);6,8H,3-5H2,1-2H3;2-3H,1H3/b12-8-,17-9-,24-10+;;3-2+. The number of amides is 1. The average Bonchev–Trinajstić information content (AvgIpc) is 3.38. The van der Waals surface area contributed by atoms with Crippen LogP contribution in [0.5, 0.6) is 0 Å². The smallest absolute Gasteiger partial charge is 0.308 e. The van der Waals surface area contributed by atoms with Crippen molar-refractivity contribution in [1.29, 1.82) is 0 Å². The minimum atomic E-state index is -0.543. The maximum absolute atomic E-state index is 13.8. The minimum Gasteiger partial charge on any atom is -0.466 e. The van der Waals surface area contributed by atoms with Crippen LogP contribution in [0.3, 0.4) is 0 Å². The second-order valence-electron chi connectivity index (χ2n) is 11.0. The molecule has 2 aromatic rings. The normalized spacial score (nSPS) is 12.2. The lowest BCUT2D eigenvalue weighted by Crippen LogP contribution is -2.24. The maximum atomic E-state index is 13.8. The number of benzene rings is 1. The Morgan fingerprint density at radius 3 is 2.13 bits per heavy atom. The summed E-state index contributed by atoms with van der Waals surface area (Å²) in [6.45, 7) is 19.1. The summed E-state index contributed by atoms with van der Waals surface area (Å²) in [5, 5.41) is 12.1. The molecule has 7 heteroatoms. The highest BCUT2D eigenvalue weighted by atomic mass is 19.1. The molecule has 0 radical (unpaired) electrons. The molecule has 1 atom stereocenters. The van der Waals surface area contributed by atoms with Crippen molar-refractivity contribution in [1.82, 2.24) is 9.88 Å². The molecule has 0 aliphatic rings. The zero-order valence-corrected chi connectivity index (χ0v) is 29.7. The number of carbonyl (C=O) groups excluding carboxylic acids is 2.